The lowest BCUT2D eigenvalue weighted by Gasteiger charge is -2.17. The highest BCUT2D eigenvalue weighted by Crippen LogP contribution is 2.17. The molecule has 0 bridgehead atoms. The number of hydrogen-bond acceptors (Lipinski definition) is 5. The number of nitrogens with one attached hydrogen (secondary N) is 1. The maximum Gasteiger partial charge on any atom is 0.338 e. The molecule has 0 aliphatic carbocycles. The van der Waals surface area contributed by atoms with E-state index in [-0.39, 0.29) is 6.04 Å². The predicted molar refractivity (Wildman–Crippen MR) is 102 cm³/mol. The smallest absolute Gasteiger partial charge is 0.338 e. The number of carbonyl (C=O) groups is 2. The molecule has 0 radical (unpaired) electrons. The van der Waals surface area contributed by atoms with Crippen molar-refractivity contribution >= 4 is 23.4 Å². The van der Waals surface area contributed by atoms with Crippen LogP contribution in [0.4, 0.5) is 11.5 Å². The zero-order valence-corrected chi connectivity index (χ0v) is 15.9. The fourth-order valence-corrected chi connectivity index (χ4v) is 2.34. The van der Waals surface area contributed by atoms with Crippen LogP contribution >= 0.6 is 0 Å². The fourth-order valence-electron chi connectivity index (χ4n) is 2.34. The highest BCUT2D eigenvalue weighted by atomic mass is 16.5. The van der Waals surface area contributed by atoms with Crippen molar-refractivity contribution < 1.29 is 14.3 Å². The molecule has 1 amide bonds. The Balaban J connectivity index is 1.98. The molecule has 7 nitrogen and oxygen atoms in total. The first-order chi connectivity index (χ1) is 12.3. The standard InChI is InChI=1S/C19H26N4O3/c1-6-13(2)23-17(11-12-20-23)21-18(24)14(3)26-19(25)15-7-9-16(10-8-15)22(4)5/h7-14H,6H2,1-5H3,(H,21,24)/t13-,14-/m0/s1. The van der Waals surface area contributed by atoms with Crippen LogP contribution in [-0.2, 0) is 9.53 Å². The molecule has 0 saturated carbocycles. The summed E-state index contributed by atoms with van der Waals surface area (Å²) in [5.74, 6) is -0.343. The number of aromatic nitrogens is 2. The number of amides is 1. The average Bonchev–Trinajstić information content (AvgIpc) is 3.09. The molecule has 0 unspecified atom stereocenters. The molecule has 0 spiro atoms. The van der Waals surface area contributed by atoms with Gasteiger partial charge in [-0.05, 0) is 44.5 Å². The van der Waals surface area contributed by atoms with Crippen LogP contribution in [0.5, 0.6) is 0 Å². The van der Waals surface area contributed by atoms with Crippen molar-refractivity contribution in [2.75, 3.05) is 24.3 Å². The monoisotopic (exact) mass is 358 g/mol. The number of esters is 1. The van der Waals surface area contributed by atoms with Crippen LogP contribution in [0.25, 0.3) is 0 Å². The van der Waals surface area contributed by atoms with Gasteiger partial charge in [0, 0.05) is 25.8 Å². The average molecular weight is 358 g/mol. The molecule has 0 aliphatic heterocycles. The Bertz CT molecular complexity index is 752. The quantitative estimate of drug-likeness (QED) is 0.770. The summed E-state index contributed by atoms with van der Waals surface area (Å²) < 4.78 is 7.02. The van der Waals surface area contributed by atoms with Gasteiger partial charge in [-0.2, -0.15) is 5.10 Å². The first-order valence-electron chi connectivity index (χ1n) is 8.66. The third kappa shape index (κ3) is 4.62. The van der Waals surface area contributed by atoms with E-state index in [2.05, 4.69) is 10.4 Å². The normalized spacial score (nSPS) is 13.0. The van der Waals surface area contributed by atoms with Gasteiger partial charge in [0.2, 0.25) is 0 Å². The zero-order valence-electron chi connectivity index (χ0n) is 15.9. The van der Waals surface area contributed by atoms with E-state index < -0.39 is 18.0 Å². The van der Waals surface area contributed by atoms with Gasteiger partial charge >= 0.3 is 5.97 Å². The summed E-state index contributed by atoms with van der Waals surface area (Å²) in [5, 5.41) is 6.98. The van der Waals surface area contributed by atoms with Crippen LogP contribution in [-0.4, -0.2) is 41.9 Å². The van der Waals surface area contributed by atoms with Crippen LogP contribution in [0.3, 0.4) is 0 Å². The molecule has 7 heteroatoms. The number of rotatable bonds is 7. The van der Waals surface area contributed by atoms with Crippen LogP contribution in [0, 0.1) is 0 Å². The molecule has 1 aromatic heterocycles. The SMILES string of the molecule is CC[C@H](C)n1nccc1NC(=O)[C@H](C)OC(=O)c1ccc(N(C)C)cc1. The van der Waals surface area contributed by atoms with Crippen molar-refractivity contribution in [1.82, 2.24) is 9.78 Å². The molecule has 0 saturated heterocycles. The van der Waals surface area contributed by atoms with E-state index in [0.29, 0.717) is 11.4 Å². The van der Waals surface area contributed by atoms with Crippen molar-refractivity contribution in [2.24, 2.45) is 0 Å². The molecular weight excluding hydrogens is 332 g/mol. The van der Waals surface area contributed by atoms with Crippen LogP contribution in [0.15, 0.2) is 36.5 Å². The Morgan fingerprint density at radius 2 is 1.85 bits per heavy atom. The molecule has 140 valence electrons. The lowest BCUT2D eigenvalue weighted by atomic mass is 10.2. The van der Waals surface area contributed by atoms with E-state index in [1.54, 1.807) is 36.0 Å². The lowest BCUT2D eigenvalue weighted by Crippen LogP contribution is -2.31. The van der Waals surface area contributed by atoms with Crippen molar-refractivity contribution in [3.63, 3.8) is 0 Å². The van der Waals surface area contributed by atoms with Gasteiger partial charge in [0.1, 0.15) is 5.82 Å². The van der Waals surface area contributed by atoms with Gasteiger partial charge in [-0.3, -0.25) is 4.79 Å². The molecule has 2 atom stereocenters. The number of carbonyl (C=O) groups excluding carboxylic acids is 2. The second-order valence-electron chi connectivity index (χ2n) is 6.40. The highest BCUT2D eigenvalue weighted by Gasteiger charge is 2.21. The Kier molecular flexibility index (Phi) is 6.38. The van der Waals surface area contributed by atoms with E-state index in [1.807, 2.05) is 45.0 Å². The maximum absolute atomic E-state index is 12.3. The van der Waals surface area contributed by atoms with Crippen LogP contribution in [0.1, 0.15) is 43.6 Å². The molecule has 1 N–H and O–H groups in total. The third-order valence-corrected chi connectivity index (χ3v) is 4.20. The van der Waals surface area contributed by atoms with Gasteiger partial charge in [0.25, 0.3) is 5.91 Å². The molecule has 0 fully saturated rings. The minimum absolute atomic E-state index is 0.161. The van der Waals surface area contributed by atoms with E-state index in [0.717, 1.165) is 12.1 Å². The summed E-state index contributed by atoms with van der Waals surface area (Å²) >= 11 is 0. The number of nitrogens with zero attached hydrogens (tertiary/aromatic N) is 3. The molecule has 26 heavy (non-hydrogen) atoms. The first-order valence-corrected chi connectivity index (χ1v) is 8.66. The van der Waals surface area contributed by atoms with Crippen molar-refractivity contribution in [1.29, 1.82) is 0 Å². The minimum atomic E-state index is -0.920. The van der Waals surface area contributed by atoms with E-state index >= 15 is 0 Å². The second kappa shape index (κ2) is 8.51. The van der Waals surface area contributed by atoms with Crippen molar-refractivity contribution in [3.05, 3.63) is 42.1 Å². The van der Waals surface area contributed by atoms with Gasteiger partial charge in [-0.15, -0.1) is 0 Å². The summed E-state index contributed by atoms with van der Waals surface area (Å²) in [7, 11) is 3.84. The van der Waals surface area contributed by atoms with Crippen molar-refractivity contribution in [3.8, 4) is 0 Å². The number of benzene rings is 1. The molecule has 2 rings (SSSR count). The largest absolute Gasteiger partial charge is 0.449 e. The molecule has 0 aliphatic rings. The lowest BCUT2D eigenvalue weighted by molar-refractivity contribution is -0.123. The minimum Gasteiger partial charge on any atom is -0.449 e. The summed E-state index contributed by atoms with van der Waals surface area (Å²) in [6, 6.07) is 8.89. The molecule has 1 heterocycles. The summed E-state index contributed by atoms with van der Waals surface area (Å²) in [6.45, 7) is 5.61. The topological polar surface area (TPSA) is 76.5 Å². The summed E-state index contributed by atoms with van der Waals surface area (Å²) in [4.78, 5) is 26.5. The Labute approximate surface area is 153 Å². The fraction of sp³-hybridized carbons (Fsp3) is 0.421. The Hall–Kier alpha value is -2.83. The Morgan fingerprint density at radius 3 is 2.42 bits per heavy atom. The summed E-state index contributed by atoms with van der Waals surface area (Å²) in [6.07, 6.45) is 1.60. The van der Waals surface area contributed by atoms with Gasteiger partial charge in [-0.25, -0.2) is 9.48 Å². The first kappa shape index (κ1) is 19.5. The van der Waals surface area contributed by atoms with Crippen LogP contribution < -0.4 is 10.2 Å². The number of hydrogen-bond donors (Lipinski definition) is 1. The zero-order chi connectivity index (χ0) is 19.3. The van der Waals surface area contributed by atoms with E-state index in [1.165, 1.54) is 0 Å². The van der Waals surface area contributed by atoms with Gasteiger partial charge in [0.15, 0.2) is 6.10 Å². The Morgan fingerprint density at radius 1 is 1.19 bits per heavy atom. The maximum atomic E-state index is 12.3. The van der Waals surface area contributed by atoms with E-state index in [4.69, 9.17) is 4.74 Å². The van der Waals surface area contributed by atoms with E-state index in [9.17, 15) is 9.59 Å². The highest BCUT2D eigenvalue weighted by molar-refractivity contribution is 5.97. The van der Waals surface area contributed by atoms with Crippen LogP contribution in [0.2, 0.25) is 0 Å². The number of anilines is 2. The van der Waals surface area contributed by atoms with Crippen molar-refractivity contribution in [2.45, 2.75) is 39.3 Å². The third-order valence-electron chi connectivity index (χ3n) is 4.20. The number of ether oxygens (including phenoxy) is 1. The van der Waals surface area contributed by atoms with Gasteiger partial charge in [0.05, 0.1) is 17.8 Å². The van der Waals surface area contributed by atoms with Gasteiger partial charge < -0.3 is 15.0 Å². The van der Waals surface area contributed by atoms with Gasteiger partial charge in [-0.1, -0.05) is 6.92 Å². The molecule has 2 aromatic rings. The predicted octanol–water partition coefficient (Wildman–Crippen LogP) is 3.10. The second-order valence-corrected chi connectivity index (χ2v) is 6.40. The molecular formula is C19H26N4O3. The summed E-state index contributed by atoms with van der Waals surface area (Å²) in [5.41, 5.74) is 1.38. The molecule has 1 aromatic carbocycles.